The van der Waals surface area contributed by atoms with Gasteiger partial charge in [0.25, 0.3) is 15.9 Å². The van der Waals surface area contributed by atoms with Gasteiger partial charge in [-0.2, -0.15) is 0 Å². The standard InChI is InChI=1S/C13H16N4O3S/c1-8-4-3-5-11(9(8)2)17-21(19,20)10-6-12(15-7-10)13(18)16-14/h3-7,15,17H,14H2,1-2H3,(H,16,18). The molecule has 0 saturated carbocycles. The first-order chi connectivity index (χ1) is 9.85. The number of aromatic nitrogens is 1. The van der Waals surface area contributed by atoms with Crippen LogP contribution in [-0.4, -0.2) is 19.3 Å². The first kappa shape index (κ1) is 15.1. The molecule has 0 aliphatic carbocycles. The van der Waals surface area contributed by atoms with Crippen molar-refractivity contribution in [2.45, 2.75) is 18.7 Å². The Morgan fingerprint density at radius 3 is 2.67 bits per heavy atom. The second-order valence-corrected chi connectivity index (χ2v) is 6.26. The van der Waals surface area contributed by atoms with Gasteiger partial charge in [0.15, 0.2) is 0 Å². The number of anilines is 1. The molecule has 1 amide bonds. The zero-order chi connectivity index (χ0) is 15.6. The molecule has 1 aromatic heterocycles. The number of nitrogens with two attached hydrogens (primary N) is 1. The normalized spacial score (nSPS) is 11.2. The molecular formula is C13H16N4O3S. The molecule has 5 N–H and O–H groups in total. The highest BCUT2D eigenvalue weighted by Gasteiger charge is 2.19. The van der Waals surface area contributed by atoms with Crippen molar-refractivity contribution >= 4 is 21.6 Å². The van der Waals surface area contributed by atoms with E-state index in [1.54, 1.807) is 12.1 Å². The SMILES string of the molecule is Cc1cccc(NS(=O)(=O)c2c[nH]c(C(=O)NN)c2)c1C. The van der Waals surface area contributed by atoms with E-state index in [2.05, 4.69) is 9.71 Å². The van der Waals surface area contributed by atoms with Crippen LogP contribution in [0.4, 0.5) is 5.69 Å². The number of sulfonamides is 1. The Morgan fingerprint density at radius 1 is 1.29 bits per heavy atom. The van der Waals surface area contributed by atoms with E-state index in [1.807, 2.05) is 25.3 Å². The lowest BCUT2D eigenvalue weighted by atomic mass is 10.1. The van der Waals surface area contributed by atoms with Gasteiger partial charge >= 0.3 is 0 Å². The molecule has 0 aliphatic rings. The molecule has 0 atom stereocenters. The van der Waals surface area contributed by atoms with E-state index in [4.69, 9.17) is 5.84 Å². The average Bonchev–Trinajstić information content (AvgIpc) is 2.93. The number of hydrogen-bond donors (Lipinski definition) is 4. The number of nitrogen functional groups attached to an aromatic ring is 1. The number of hydrazine groups is 1. The monoisotopic (exact) mass is 308 g/mol. The molecule has 7 nitrogen and oxygen atoms in total. The molecule has 21 heavy (non-hydrogen) atoms. The molecule has 1 heterocycles. The molecule has 0 radical (unpaired) electrons. The summed E-state index contributed by atoms with van der Waals surface area (Å²) in [6, 6.07) is 6.56. The molecule has 0 fully saturated rings. The highest BCUT2D eigenvalue weighted by molar-refractivity contribution is 7.92. The van der Waals surface area contributed by atoms with E-state index in [0.717, 1.165) is 11.1 Å². The van der Waals surface area contributed by atoms with E-state index in [9.17, 15) is 13.2 Å². The van der Waals surface area contributed by atoms with Crippen LogP contribution in [-0.2, 0) is 10.0 Å². The summed E-state index contributed by atoms with van der Waals surface area (Å²) in [5.41, 5.74) is 4.32. The van der Waals surface area contributed by atoms with Gasteiger partial charge in [-0.15, -0.1) is 0 Å². The first-order valence-corrected chi connectivity index (χ1v) is 7.62. The van der Waals surface area contributed by atoms with Gasteiger partial charge in [-0.3, -0.25) is 14.9 Å². The highest BCUT2D eigenvalue weighted by Crippen LogP contribution is 2.22. The molecule has 112 valence electrons. The Balaban J connectivity index is 2.32. The molecule has 0 spiro atoms. The highest BCUT2D eigenvalue weighted by atomic mass is 32.2. The lowest BCUT2D eigenvalue weighted by Crippen LogP contribution is -2.30. The summed E-state index contributed by atoms with van der Waals surface area (Å²) in [5.74, 6) is 4.40. The van der Waals surface area contributed by atoms with Crippen molar-refractivity contribution in [3.05, 3.63) is 47.3 Å². The van der Waals surface area contributed by atoms with E-state index >= 15 is 0 Å². The van der Waals surface area contributed by atoms with Crippen molar-refractivity contribution in [3.8, 4) is 0 Å². The Hall–Kier alpha value is -2.32. The van der Waals surface area contributed by atoms with Gasteiger partial charge in [0.05, 0.1) is 5.69 Å². The van der Waals surface area contributed by atoms with Crippen molar-refractivity contribution in [2.75, 3.05) is 4.72 Å². The third-order valence-electron chi connectivity index (χ3n) is 3.19. The van der Waals surface area contributed by atoms with Gasteiger partial charge < -0.3 is 4.98 Å². The fourth-order valence-electron chi connectivity index (χ4n) is 1.80. The molecule has 0 saturated heterocycles. The Bertz CT molecular complexity index is 780. The molecule has 0 aliphatic heterocycles. The van der Waals surface area contributed by atoms with Crippen molar-refractivity contribution < 1.29 is 13.2 Å². The maximum absolute atomic E-state index is 12.3. The van der Waals surface area contributed by atoms with E-state index < -0.39 is 15.9 Å². The molecule has 0 unspecified atom stereocenters. The van der Waals surface area contributed by atoms with Gasteiger partial charge in [-0.05, 0) is 37.1 Å². The number of hydrogen-bond acceptors (Lipinski definition) is 4. The van der Waals surface area contributed by atoms with Crippen LogP contribution in [0.3, 0.4) is 0 Å². The first-order valence-electron chi connectivity index (χ1n) is 6.13. The average molecular weight is 308 g/mol. The summed E-state index contributed by atoms with van der Waals surface area (Å²) < 4.78 is 27.1. The zero-order valence-corrected chi connectivity index (χ0v) is 12.4. The lowest BCUT2D eigenvalue weighted by Gasteiger charge is -2.11. The summed E-state index contributed by atoms with van der Waals surface area (Å²) in [4.78, 5) is 13.9. The summed E-state index contributed by atoms with van der Waals surface area (Å²) in [6.45, 7) is 3.73. The van der Waals surface area contributed by atoms with Gasteiger partial charge in [-0.25, -0.2) is 14.3 Å². The number of H-pyrrole nitrogens is 1. The van der Waals surface area contributed by atoms with Gasteiger partial charge in [-0.1, -0.05) is 12.1 Å². The number of amides is 1. The molecule has 1 aromatic carbocycles. The summed E-state index contributed by atoms with van der Waals surface area (Å²) in [7, 11) is -3.78. The van der Waals surface area contributed by atoms with Crippen LogP contribution in [0.25, 0.3) is 0 Å². The zero-order valence-electron chi connectivity index (χ0n) is 11.6. The lowest BCUT2D eigenvalue weighted by molar-refractivity contribution is 0.0949. The number of rotatable bonds is 4. The smallest absolute Gasteiger partial charge is 0.281 e. The number of carbonyl (C=O) groups excluding carboxylic acids is 1. The van der Waals surface area contributed by atoms with Gasteiger partial charge in [0, 0.05) is 6.20 Å². The van der Waals surface area contributed by atoms with Crippen molar-refractivity contribution in [1.29, 1.82) is 0 Å². The molecule has 0 bridgehead atoms. The van der Waals surface area contributed by atoms with Crippen LogP contribution in [0.2, 0.25) is 0 Å². The maximum Gasteiger partial charge on any atom is 0.281 e. The van der Waals surface area contributed by atoms with Crippen LogP contribution in [0, 0.1) is 13.8 Å². The number of aromatic amines is 1. The minimum atomic E-state index is -3.78. The Morgan fingerprint density at radius 2 is 2.00 bits per heavy atom. The van der Waals surface area contributed by atoms with E-state index in [0.29, 0.717) is 5.69 Å². The number of nitrogens with one attached hydrogen (secondary N) is 3. The topological polar surface area (TPSA) is 117 Å². The van der Waals surface area contributed by atoms with Crippen LogP contribution in [0.5, 0.6) is 0 Å². The van der Waals surface area contributed by atoms with E-state index in [1.165, 1.54) is 12.3 Å². The Labute approximate surface area is 122 Å². The summed E-state index contributed by atoms with van der Waals surface area (Å²) >= 11 is 0. The van der Waals surface area contributed by atoms with Crippen molar-refractivity contribution in [3.63, 3.8) is 0 Å². The molecular weight excluding hydrogens is 292 g/mol. The molecule has 8 heteroatoms. The van der Waals surface area contributed by atoms with Gasteiger partial charge in [0.1, 0.15) is 10.6 Å². The third kappa shape index (κ3) is 3.06. The second kappa shape index (κ2) is 5.58. The van der Waals surface area contributed by atoms with Crippen LogP contribution in [0.15, 0.2) is 35.4 Å². The number of benzene rings is 1. The third-order valence-corrected chi connectivity index (χ3v) is 4.54. The maximum atomic E-state index is 12.3. The molecule has 2 aromatic rings. The predicted molar refractivity (Wildman–Crippen MR) is 79.2 cm³/mol. The van der Waals surface area contributed by atoms with Crippen molar-refractivity contribution in [1.82, 2.24) is 10.4 Å². The minimum Gasteiger partial charge on any atom is -0.356 e. The quantitative estimate of drug-likeness (QED) is 0.383. The predicted octanol–water partition coefficient (Wildman–Crippen LogP) is 1.04. The van der Waals surface area contributed by atoms with E-state index in [-0.39, 0.29) is 10.6 Å². The Kier molecular flexibility index (Phi) is 4.01. The second-order valence-electron chi connectivity index (χ2n) is 4.58. The van der Waals surface area contributed by atoms with Crippen LogP contribution < -0.4 is 16.0 Å². The van der Waals surface area contributed by atoms with Crippen LogP contribution in [0.1, 0.15) is 21.6 Å². The number of carbonyl (C=O) groups is 1. The largest absolute Gasteiger partial charge is 0.356 e. The van der Waals surface area contributed by atoms with Crippen LogP contribution >= 0.6 is 0 Å². The summed E-state index contributed by atoms with van der Waals surface area (Å²) in [6.07, 6.45) is 1.23. The molecule has 2 rings (SSSR count). The minimum absolute atomic E-state index is 0.0398. The fraction of sp³-hybridized carbons (Fsp3) is 0.154. The number of aryl methyl sites for hydroxylation is 1. The summed E-state index contributed by atoms with van der Waals surface area (Å²) in [5, 5.41) is 0. The van der Waals surface area contributed by atoms with Gasteiger partial charge in [0.2, 0.25) is 0 Å². The van der Waals surface area contributed by atoms with Crippen molar-refractivity contribution in [2.24, 2.45) is 5.84 Å². The fourth-order valence-corrected chi connectivity index (χ4v) is 2.92.